The number of carbonyl (C=O) groups is 3. The van der Waals surface area contributed by atoms with Crippen molar-refractivity contribution in [1.82, 2.24) is 10.2 Å². The summed E-state index contributed by atoms with van der Waals surface area (Å²) in [5.74, 6) is -3.06. The maximum Gasteiger partial charge on any atom is 0.255 e. The molecule has 0 aromatic heterocycles. The quantitative estimate of drug-likeness (QED) is 0.403. The molecule has 2 atom stereocenters. The van der Waals surface area contributed by atoms with Crippen molar-refractivity contribution in [3.05, 3.63) is 76.0 Å². The molecule has 37 heavy (non-hydrogen) atoms. The Bertz CT molecular complexity index is 1140. The van der Waals surface area contributed by atoms with Crippen molar-refractivity contribution >= 4 is 23.7 Å². The van der Waals surface area contributed by atoms with Crippen molar-refractivity contribution in [2.45, 2.75) is 60.0 Å². The maximum atomic E-state index is 13.8. The van der Waals surface area contributed by atoms with Crippen molar-refractivity contribution in [2.24, 2.45) is 5.92 Å². The first-order chi connectivity index (χ1) is 17.4. The summed E-state index contributed by atoms with van der Waals surface area (Å²) in [4.78, 5) is 39.8. The van der Waals surface area contributed by atoms with Crippen molar-refractivity contribution in [3.8, 4) is 0 Å². The van der Waals surface area contributed by atoms with Crippen LogP contribution in [0.1, 0.15) is 78.8 Å². The molecule has 2 aromatic carbocycles. The lowest BCUT2D eigenvalue weighted by Gasteiger charge is -2.22. The fourth-order valence-corrected chi connectivity index (χ4v) is 3.96. The average Bonchev–Trinajstić information content (AvgIpc) is 2.81. The smallest absolute Gasteiger partial charge is 0.255 e. The molecule has 2 N–H and O–H groups in total. The molecule has 0 bridgehead atoms. The zero-order chi connectivity index (χ0) is 27.7. The van der Waals surface area contributed by atoms with Crippen LogP contribution in [0.3, 0.4) is 0 Å². The number of amides is 2. The number of benzene rings is 2. The molecule has 0 aliphatic heterocycles. The van der Waals surface area contributed by atoms with Gasteiger partial charge in [0.25, 0.3) is 11.8 Å². The molecule has 2 rings (SSSR count). The Morgan fingerprint density at radius 3 is 2.08 bits per heavy atom. The van der Waals surface area contributed by atoms with Crippen molar-refractivity contribution in [3.63, 3.8) is 0 Å². The molecule has 0 radical (unpaired) electrons. The second-order valence-corrected chi connectivity index (χ2v) is 9.40. The number of halogens is 2. The first-order valence-electron chi connectivity index (χ1n) is 12.5. The summed E-state index contributed by atoms with van der Waals surface area (Å²) in [5.41, 5.74) is 1.34. The van der Waals surface area contributed by atoms with Crippen LogP contribution >= 0.6 is 0 Å². The fraction of sp³-hybridized carbons (Fsp3) is 0.414. The number of rotatable bonds is 12. The number of hydrogen-bond acceptors (Lipinski definition) is 4. The van der Waals surface area contributed by atoms with Crippen LogP contribution in [0.5, 0.6) is 0 Å². The minimum atomic E-state index is -1.29. The molecule has 0 fully saturated rings. The lowest BCUT2D eigenvalue weighted by molar-refractivity contribution is -0.121. The van der Waals surface area contributed by atoms with E-state index in [9.17, 15) is 28.3 Å². The van der Waals surface area contributed by atoms with Crippen molar-refractivity contribution < 1.29 is 28.3 Å². The molecule has 6 nitrogen and oxygen atoms in total. The number of aliphatic hydroxyl groups is 1. The van der Waals surface area contributed by atoms with Crippen LogP contribution in [0.15, 0.2) is 42.1 Å². The molecule has 0 aliphatic carbocycles. The van der Waals surface area contributed by atoms with Crippen LogP contribution in [-0.4, -0.2) is 46.8 Å². The van der Waals surface area contributed by atoms with Gasteiger partial charge in [-0.05, 0) is 80.6 Å². The van der Waals surface area contributed by atoms with Crippen LogP contribution in [-0.2, 0) is 4.79 Å². The van der Waals surface area contributed by atoms with Crippen LogP contribution in [0.25, 0.3) is 6.08 Å². The van der Waals surface area contributed by atoms with Gasteiger partial charge < -0.3 is 15.3 Å². The van der Waals surface area contributed by atoms with E-state index in [0.29, 0.717) is 24.2 Å². The molecule has 8 heteroatoms. The third kappa shape index (κ3) is 8.89. The third-order valence-corrected chi connectivity index (χ3v) is 5.96. The molecule has 0 saturated carbocycles. The van der Waals surface area contributed by atoms with Gasteiger partial charge in [0.1, 0.15) is 17.4 Å². The molecular formula is C29H36F2N2O4. The normalized spacial score (nSPS) is 13.1. The number of aliphatic hydroxyl groups excluding tert-OH is 1. The predicted molar refractivity (Wildman–Crippen MR) is 140 cm³/mol. The van der Waals surface area contributed by atoms with E-state index in [2.05, 4.69) is 5.32 Å². The first kappa shape index (κ1) is 29.8. The molecule has 0 unspecified atom stereocenters. The Morgan fingerprint density at radius 2 is 1.54 bits per heavy atom. The lowest BCUT2D eigenvalue weighted by Crippen LogP contribution is -2.33. The Balaban J connectivity index is 2.43. The second-order valence-electron chi connectivity index (χ2n) is 9.40. The highest BCUT2D eigenvalue weighted by molar-refractivity contribution is 6.00. The topological polar surface area (TPSA) is 86.7 Å². The van der Waals surface area contributed by atoms with E-state index < -0.39 is 29.6 Å². The van der Waals surface area contributed by atoms with Gasteiger partial charge in [-0.1, -0.05) is 20.8 Å². The first-order valence-corrected chi connectivity index (χ1v) is 12.5. The van der Waals surface area contributed by atoms with E-state index in [1.165, 1.54) is 19.1 Å². The van der Waals surface area contributed by atoms with Gasteiger partial charge in [0.2, 0.25) is 0 Å². The largest absolute Gasteiger partial charge is 0.387 e. The minimum Gasteiger partial charge on any atom is -0.387 e. The molecular weight excluding hydrogens is 478 g/mol. The number of nitrogens with one attached hydrogen (secondary N) is 1. The predicted octanol–water partition coefficient (Wildman–Crippen LogP) is 5.28. The van der Waals surface area contributed by atoms with E-state index >= 15 is 0 Å². The maximum absolute atomic E-state index is 13.8. The summed E-state index contributed by atoms with van der Waals surface area (Å²) in [6, 6.07) is 7.67. The zero-order valence-corrected chi connectivity index (χ0v) is 22.1. The van der Waals surface area contributed by atoms with Crippen molar-refractivity contribution in [1.29, 1.82) is 0 Å². The van der Waals surface area contributed by atoms with E-state index in [1.807, 2.05) is 13.8 Å². The average molecular weight is 515 g/mol. The molecule has 200 valence electrons. The van der Waals surface area contributed by atoms with Gasteiger partial charge in [0.15, 0.2) is 0 Å². The summed E-state index contributed by atoms with van der Waals surface area (Å²) < 4.78 is 27.5. The fourth-order valence-electron chi connectivity index (χ4n) is 3.96. The summed E-state index contributed by atoms with van der Waals surface area (Å²) >= 11 is 0. The van der Waals surface area contributed by atoms with Gasteiger partial charge in [-0.3, -0.25) is 14.4 Å². The zero-order valence-electron chi connectivity index (χ0n) is 22.1. The van der Waals surface area contributed by atoms with Gasteiger partial charge in [-0.25, -0.2) is 8.78 Å². The standard InChI is InChI=1S/C29H36F2N2O4/c1-6-8-33(9-7-2)29(37)23-11-18(3)10-22(16-23)28(36)32-26(27(35)12-19(4)20(5)34)15-21-13-24(30)17-25(31)14-21/h10-11,13-17,19,27,35H,6-9,12H2,1-5H3,(H,32,36)/b26-15+/t19-,27+/m1/s1. The summed E-state index contributed by atoms with van der Waals surface area (Å²) in [5, 5.41) is 13.5. The van der Waals surface area contributed by atoms with Gasteiger partial charge in [-0.2, -0.15) is 0 Å². The minimum absolute atomic E-state index is 0.000205. The van der Waals surface area contributed by atoms with Gasteiger partial charge in [-0.15, -0.1) is 0 Å². The molecule has 0 saturated heterocycles. The number of carbonyl (C=O) groups excluding carboxylic acids is 3. The summed E-state index contributed by atoms with van der Waals surface area (Å²) in [6.45, 7) is 9.98. The Labute approximate surface area is 217 Å². The number of nitrogens with zero attached hydrogens (tertiary/aromatic N) is 1. The summed E-state index contributed by atoms with van der Waals surface area (Å²) in [7, 11) is 0. The molecule has 0 aliphatic rings. The van der Waals surface area contributed by atoms with E-state index in [-0.39, 0.29) is 34.9 Å². The van der Waals surface area contributed by atoms with Crippen LogP contribution in [0, 0.1) is 24.5 Å². The molecule has 0 heterocycles. The SMILES string of the molecule is CCCN(CCC)C(=O)c1cc(C)cc(C(=O)N/C(=C/c2cc(F)cc(F)c2)[C@@H](O)C[C@@H](C)C(C)=O)c1. The monoisotopic (exact) mass is 514 g/mol. The second kappa shape index (κ2) is 13.8. The highest BCUT2D eigenvalue weighted by Gasteiger charge is 2.22. The molecule has 0 spiro atoms. The summed E-state index contributed by atoms with van der Waals surface area (Å²) in [6.07, 6.45) is 1.59. The van der Waals surface area contributed by atoms with Gasteiger partial charge >= 0.3 is 0 Å². The Morgan fingerprint density at radius 1 is 0.973 bits per heavy atom. The van der Waals surface area contributed by atoms with Crippen LogP contribution in [0.4, 0.5) is 8.78 Å². The molecule has 2 amide bonds. The van der Waals surface area contributed by atoms with E-state index in [1.54, 1.807) is 30.9 Å². The Hall–Kier alpha value is -3.39. The van der Waals surface area contributed by atoms with Crippen LogP contribution < -0.4 is 5.32 Å². The Kier molecular flexibility index (Phi) is 11.1. The van der Waals surface area contributed by atoms with Gasteiger partial charge in [0.05, 0.1) is 6.10 Å². The molecule has 2 aromatic rings. The lowest BCUT2D eigenvalue weighted by atomic mass is 9.97. The van der Waals surface area contributed by atoms with Crippen molar-refractivity contribution in [2.75, 3.05) is 13.1 Å². The number of ketones is 1. The highest BCUT2D eigenvalue weighted by atomic mass is 19.1. The van der Waals surface area contributed by atoms with Gasteiger partial charge in [0, 0.05) is 41.9 Å². The third-order valence-electron chi connectivity index (χ3n) is 5.96. The van der Waals surface area contributed by atoms with E-state index in [0.717, 1.165) is 31.0 Å². The number of Topliss-reactive ketones (excluding diaryl/α,β-unsaturated/α-hetero) is 1. The highest BCUT2D eigenvalue weighted by Crippen LogP contribution is 2.19. The number of hydrogen-bond donors (Lipinski definition) is 2. The number of aryl methyl sites for hydroxylation is 1. The van der Waals surface area contributed by atoms with E-state index in [4.69, 9.17) is 0 Å². The van der Waals surface area contributed by atoms with Crippen LogP contribution in [0.2, 0.25) is 0 Å².